The second-order valence-corrected chi connectivity index (χ2v) is 13.4. The van der Waals surface area contributed by atoms with Gasteiger partial charge in [-0.15, -0.1) is 0 Å². The molecule has 12 nitrogen and oxygen atoms in total. The van der Waals surface area contributed by atoms with E-state index in [2.05, 4.69) is 36.6 Å². The van der Waals surface area contributed by atoms with Crippen LogP contribution in [0, 0.1) is 22.7 Å². The van der Waals surface area contributed by atoms with Crippen molar-refractivity contribution in [2.24, 2.45) is 0 Å². The van der Waals surface area contributed by atoms with Crippen LogP contribution >= 0.6 is 11.6 Å². The van der Waals surface area contributed by atoms with Gasteiger partial charge in [-0.05, 0) is 97.8 Å². The van der Waals surface area contributed by atoms with Crippen LogP contribution in [0.2, 0.25) is 5.02 Å². The Kier molecular flexibility index (Phi) is 13.6. The fourth-order valence-electron chi connectivity index (χ4n) is 6.86. The van der Waals surface area contributed by atoms with Crippen molar-refractivity contribution in [3.63, 3.8) is 0 Å². The lowest BCUT2D eigenvalue weighted by Crippen LogP contribution is -2.16. The molecule has 0 aliphatic carbocycles. The van der Waals surface area contributed by atoms with E-state index in [1.54, 1.807) is 62.8 Å². The average Bonchev–Trinajstić information content (AvgIpc) is 3.77. The molecule has 2 heterocycles. The van der Waals surface area contributed by atoms with Gasteiger partial charge in [0, 0.05) is 52.4 Å². The molecule has 2 aromatic heterocycles. The van der Waals surface area contributed by atoms with Gasteiger partial charge < -0.3 is 28.1 Å². The molecule has 0 saturated heterocycles. The molecule has 0 bridgehead atoms. The molecule has 0 spiro atoms. The number of carbonyl (C=O) groups is 2. The molecule has 0 unspecified atom stereocenters. The summed E-state index contributed by atoms with van der Waals surface area (Å²) >= 11 is 5.84. The van der Waals surface area contributed by atoms with Gasteiger partial charge in [-0.25, -0.2) is 14.0 Å². The number of halogens is 2. The normalized spacial score (nSPS) is 10.5. The fraction of sp³-hybridized carbons (Fsp3) is 0.174. The van der Waals surface area contributed by atoms with Gasteiger partial charge in [0.25, 0.3) is 0 Å². The van der Waals surface area contributed by atoms with Crippen molar-refractivity contribution in [2.45, 2.75) is 26.9 Å². The van der Waals surface area contributed by atoms with E-state index < -0.39 is 18.9 Å². The quantitative estimate of drug-likeness (QED) is 0.131. The standard InChI is InChI=1S/C25H20ClN3O3.C21H20FN3O3/c1-3-29-23-14-20(31-2)12-13-21(23)22(15-27)24(29)16-4-8-18(9-5-16)28-25(30)32-19-10-6-17(26)7-11-19;1-3-25-19-12-16(27-2)8-9-17(19)18(13-23)20(25)14-4-6-15(7-5-14)24-21(26)28-11-10-22/h4-14H,3H2,1-2H3,(H,28,30);4-9,12H,3,10-11H2,1-2H3,(H,24,26). The van der Waals surface area contributed by atoms with Gasteiger partial charge in [-0.2, -0.15) is 10.5 Å². The zero-order chi connectivity index (χ0) is 42.8. The summed E-state index contributed by atoms with van der Waals surface area (Å²) in [6, 6.07) is 36.9. The number of ether oxygens (including phenoxy) is 4. The van der Waals surface area contributed by atoms with E-state index in [4.69, 9.17) is 25.8 Å². The Hall–Kier alpha value is -7.48. The van der Waals surface area contributed by atoms with Gasteiger partial charge >= 0.3 is 12.2 Å². The monoisotopic (exact) mass is 826 g/mol. The van der Waals surface area contributed by atoms with Crippen molar-refractivity contribution < 1.29 is 32.9 Å². The number of hydrogen-bond donors (Lipinski definition) is 2. The average molecular weight is 827 g/mol. The van der Waals surface area contributed by atoms with Gasteiger partial charge in [-0.1, -0.05) is 35.9 Å². The molecule has 0 aliphatic heterocycles. The number of fused-ring (bicyclic) bond motifs is 2. The molecule has 304 valence electrons. The summed E-state index contributed by atoms with van der Waals surface area (Å²) in [4.78, 5) is 23.7. The van der Waals surface area contributed by atoms with Crippen molar-refractivity contribution >= 4 is 57.0 Å². The smallest absolute Gasteiger partial charge is 0.417 e. The zero-order valence-electron chi connectivity index (χ0n) is 33.2. The summed E-state index contributed by atoms with van der Waals surface area (Å²) in [6.07, 6.45) is -1.31. The van der Waals surface area contributed by atoms with Crippen LogP contribution in [0.5, 0.6) is 17.2 Å². The highest BCUT2D eigenvalue weighted by Gasteiger charge is 2.20. The van der Waals surface area contributed by atoms with Crippen molar-refractivity contribution in [2.75, 3.05) is 38.1 Å². The zero-order valence-corrected chi connectivity index (χ0v) is 34.0. The molecule has 0 atom stereocenters. The van der Waals surface area contributed by atoms with Crippen LogP contribution in [-0.4, -0.2) is 48.8 Å². The van der Waals surface area contributed by atoms with Gasteiger partial charge in [-0.3, -0.25) is 10.6 Å². The minimum absolute atomic E-state index is 0.282. The Morgan fingerprint density at radius 3 is 1.48 bits per heavy atom. The van der Waals surface area contributed by atoms with Crippen LogP contribution in [0.4, 0.5) is 25.4 Å². The van der Waals surface area contributed by atoms with Crippen LogP contribution in [0.3, 0.4) is 0 Å². The Morgan fingerprint density at radius 2 is 1.08 bits per heavy atom. The number of nitrogens with zero attached hydrogens (tertiary/aromatic N) is 4. The number of hydrogen-bond acceptors (Lipinski definition) is 8. The number of amides is 2. The lowest BCUT2D eigenvalue weighted by molar-refractivity contribution is 0.152. The Labute approximate surface area is 350 Å². The third-order valence-electron chi connectivity index (χ3n) is 9.54. The number of alkyl halides is 1. The van der Waals surface area contributed by atoms with Gasteiger partial charge in [0.15, 0.2) is 0 Å². The molecular formula is C46H40ClFN6O6. The predicted molar refractivity (Wildman–Crippen MR) is 231 cm³/mol. The van der Waals surface area contributed by atoms with Gasteiger partial charge in [0.1, 0.15) is 42.7 Å². The molecule has 2 N–H and O–H groups in total. The number of methoxy groups -OCH3 is 2. The van der Waals surface area contributed by atoms with E-state index >= 15 is 0 Å². The number of aromatic nitrogens is 2. The molecule has 60 heavy (non-hydrogen) atoms. The Balaban J connectivity index is 0.000000203. The molecular weight excluding hydrogens is 787 g/mol. The molecule has 0 fully saturated rings. The summed E-state index contributed by atoms with van der Waals surface area (Å²) in [6.45, 7) is 4.40. The highest BCUT2D eigenvalue weighted by Crippen LogP contribution is 2.37. The van der Waals surface area contributed by atoms with E-state index in [1.807, 2.05) is 74.5 Å². The first-order chi connectivity index (χ1) is 29.2. The molecule has 0 saturated carbocycles. The topological polar surface area (TPSA) is 153 Å². The number of carbonyl (C=O) groups excluding carboxylic acids is 2. The van der Waals surface area contributed by atoms with Crippen LogP contribution < -0.4 is 24.8 Å². The highest BCUT2D eigenvalue weighted by atomic mass is 35.5. The minimum atomic E-state index is -0.727. The Bertz CT molecular complexity index is 2730. The van der Waals surface area contributed by atoms with Gasteiger partial charge in [0.05, 0.1) is 47.8 Å². The first kappa shape index (κ1) is 42.1. The molecule has 7 rings (SSSR count). The molecule has 14 heteroatoms. The van der Waals surface area contributed by atoms with Crippen molar-refractivity contribution in [3.05, 3.63) is 125 Å². The van der Waals surface area contributed by atoms with Crippen molar-refractivity contribution in [1.82, 2.24) is 9.13 Å². The van der Waals surface area contributed by atoms with Crippen LogP contribution in [0.15, 0.2) is 109 Å². The maximum Gasteiger partial charge on any atom is 0.417 e. The number of aryl methyl sites for hydroxylation is 2. The predicted octanol–water partition coefficient (Wildman–Crippen LogP) is 11.2. The fourth-order valence-corrected chi connectivity index (χ4v) is 6.98. The summed E-state index contributed by atoms with van der Waals surface area (Å²) in [5.74, 6) is 1.85. The van der Waals surface area contributed by atoms with Gasteiger partial charge in [0.2, 0.25) is 0 Å². The molecule has 7 aromatic rings. The van der Waals surface area contributed by atoms with Crippen LogP contribution in [0.25, 0.3) is 44.3 Å². The second kappa shape index (κ2) is 19.3. The number of benzene rings is 5. The number of nitriles is 2. The van der Waals surface area contributed by atoms with E-state index in [-0.39, 0.29) is 6.61 Å². The minimum Gasteiger partial charge on any atom is -0.497 e. The first-order valence-electron chi connectivity index (χ1n) is 18.8. The lowest BCUT2D eigenvalue weighted by Gasteiger charge is -2.11. The highest BCUT2D eigenvalue weighted by molar-refractivity contribution is 6.30. The molecule has 5 aromatic carbocycles. The van der Waals surface area contributed by atoms with E-state index in [1.165, 1.54) is 0 Å². The molecule has 0 aliphatic rings. The van der Waals surface area contributed by atoms with Crippen molar-refractivity contribution in [1.29, 1.82) is 10.5 Å². The number of nitrogens with one attached hydrogen (secondary N) is 2. The molecule has 2 amide bonds. The van der Waals surface area contributed by atoms with Crippen LogP contribution in [-0.2, 0) is 17.8 Å². The first-order valence-corrected chi connectivity index (χ1v) is 19.2. The van der Waals surface area contributed by atoms with Crippen LogP contribution in [0.1, 0.15) is 25.0 Å². The van der Waals surface area contributed by atoms with E-state index in [0.29, 0.717) is 46.4 Å². The lowest BCUT2D eigenvalue weighted by atomic mass is 10.1. The third-order valence-corrected chi connectivity index (χ3v) is 9.80. The Morgan fingerprint density at radius 1 is 0.650 bits per heavy atom. The van der Waals surface area contributed by atoms with E-state index in [0.717, 1.165) is 55.8 Å². The maximum atomic E-state index is 12.2. The number of rotatable bonds is 11. The number of anilines is 2. The largest absolute Gasteiger partial charge is 0.497 e. The molecule has 0 radical (unpaired) electrons. The van der Waals surface area contributed by atoms with E-state index in [9.17, 15) is 24.5 Å². The SMILES string of the molecule is CCn1c(-c2ccc(NC(=O)OCCF)cc2)c(C#N)c2ccc(OC)cc21.CCn1c(-c2ccc(NC(=O)Oc3ccc(Cl)cc3)cc2)c(C#N)c2ccc(OC)cc21. The summed E-state index contributed by atoms with van der Waals surface area (Å²) in [5, 5.41) is 27.2. The maximum absolute atomic E-state index is 12.2. The van der Waals surface area contributed by atoms with Crippen molar-refractivity contribution in [3.8, 4) is 51.9 Å². The second-order valence-electron chi connectivity index (χ2n) is 13.0. The third kappa shape index (κ3) is 9.12. The summed E-state index contributed by atoms with van der Waals surface area (Å²) in [5.41, 5.74) is 7.49. The summed E-state index contributed by atoms with van der Waals surface area (Å²) < 4.78 is 36.8. The summed E-state index contributed by atoms with van der Waals surface area (Å²) in [7, 11) is 3.23.